The van der Waals surface area contributed by atoms with Crippen molar-refractivity contribution >= 4 is 11.3 Å². The molecule has 14 heavy (non-hydrogen) atoms. The van der Waals surface area contributed by atoms with Crippen molar-refractivity contribution in [2.75, 3.05) is 0 Å². The third kappa shape index (κ3) is 2.13. The number of thiazole rings is 1. The van der Waals surface area contributed by atoms with Crippen molar-refractivity contribution in [2.24, 2.45) is 0 Å². The average molecular weight is 208 g/mol. The van der Waals surface area contributed by atoms with Crippen LogP contribution in [0.5, 0.6) is 0 Å². The second kappa shape index (κ2) is 4.56. The summed E-state index contributed by atoms with van der Waals surface area (Å²) >= 11 is 1.69. The van der Waals surface area contributed by atoms with Gasteiger partial charge in [-0.3, -0.25) is 0 Å². The molecule has 0 amide bonds. The van der Waals surface area contributed by atoms with Crippen molar-refractivity contribution in [1.29, 1.82) is 5.26 Å². The Labute approximate surface area is 89.6 Å². The molecule has 0 aliphatic carbocycles. The van der Waals surface area contributed by atoms with Gasteiger partial charge in [0, 0.05) is 10.8 Å². The van der Waals surface area contributed by atoms with E-state index in [1.165, 1.54) is 0 Å². The molecule has 2 nitrogen and oxygen atoms in total. The summed E-state index contributed by atoms with van der Waals surface area (Å²) < 4.78 is 0. The van der Waals surface area contributed by atoms with E-state index in [0.29, 0.717) is 5.92 Å². The zero-order valence-electron chi connectivity index (χ0n) is 9.16. The maximum atomic E-state index is 8.98. The molecular weight excluding hydrogens is 192 g/mol. The first kappa shape index (κ1) is 11.2. The Morgan fingerprint density at radius 3 is 2.50 bits per heavy atom. The average Bonchev–Trinajstić information content (AvgIpc) is 2.51. The molecule has 0 bridgehead atoms. The summed E-state index contributed by atoms with van der Waals surface area (Å²) in [5, 5.41) is 10.1. The maximum Gasteiger partial charge on any atom is 0.0956 e. The quantitative estimate of drug-likeness (QED) is 0.761. The molecule has 1 atom stereocenters. The van der Waals surface area contributed by atoms with Crippen molar-refractivity contribution in [3.8, 4) is 6.07 Å². The standard InChI is InChI=1S/C11H16N2S/c1-5-9(6-12)10-8(4)13-11(14-10)7(2)3/h7,9H,5H2,1-4H3. The Morgan fingerprint density at radius 1 is 1.50 bits per heavy atom. The Hall–Kier alpha value is -0.880. The number of nitrogens with zero attached hydrogens (tertiary/aromatic N) is 2. The second-order valence-electron chi connectivity index (χ2n) is 3.75. The SMILES string of the molecule is CCC(C#N)c1sc(C(C)C)nc1C. The van der Waals surface area contributed by atoms with E-state index < -0.39 is 0 Å². The minimum atomic E-state index is 0.0278. The summed E-state index contributed by atoms with van der Waals surface area (Å²) in [4.78, 5) is 5.65. The normalized spacial score (nSPS) is 12.9. The highest BCUT2D eigenvalue weighted by atomic mass is 32.1. The molecule has 0 radical (unpaired) electrons. The molecule has 0 saturated carbocycles. The van der Waals surface area contributed by atoms with Crippen LogP contribution in [0.4, 0.5) is 0 Å². The number of hydrogen-bond donors (Lipinski definition) is 0. The summed E-state index contributed by atoms with van der Waals surface area (Å²) in [5.74, 6) is 0.489. The van der Waals surface area contributed by atoms with Crippen LogP contribution < -0.4 is 0 Å². The van der Waals surface area contributed by atoms with Crippen LogP contribution in [0.25, 0.3) is 0 Å². The van der Waals surface area contributed by atoms with Gasteiger partial charge in [-0.15, -0.1) is 11.3 Å². The van der Waals surface area contributed by atoms with Gasteiger partial charge in [0.25, 0.3) is 0 Å². The molecule has 3 heteroatoms. The molecule has 1 aromatic heterocycles. The third-order valence-corrected chi connectivity index (χ3v) is 3.80. The first-order valence-corrected chi connectivity index (χ1v) is 5.78. The topological polar surface area (TPSA) is 36.7 Å². The Morgan fingerprint density at radius 2 is 2.14 bits per heavy atom. The van der Waals surface area contributed by atoms with E-state index in [2.05, 4.69) is 24.9 Å². The lowest BCUT2D eigenvalue weighted by molar-refractivity contribution is 0.818. The first-order chi connectivity index (χ1) is 6.60. The molecule has 1 aromatic rings. The smallest absolute Gasteiger partial charge is 0.0956 e. The van der Waals surface area contributed by atoms with Gasteiger partial charge in [-0.2, -0.15) is 5.26 Å². The fourth-order valence-corrected chi connectivity index (χ4v) is 2.53. The zero-order valence-corrected chi connectivity index (χ0v) is 9.98. The summed E-state index contributed by atoms with van der Waals surface area (Å²) in [5.41, 5.74) is 1.03. The lowest BCUT2D eigenvalue weighted by atomic mass is 10.1. The Kier molecular flexibility index (Phi) is 3.65. The van der Waals surface area contributed by atoms with E-state index in [9.17, 15) is 0 Å². The zero-order chi connectivity index (χ0) is 10.7. The monoisotopic (exact) mass is 208 g/mol. The fraction of sp³-hybridized carbons (Fsp3) is 0.636. The van der Waals surface area contributed by atoms with Crippen molar-refractivity contribution in [1.82, 2.24) is 4.98 Å². The molecule has 0 N–H and O–H groups in total. The van der Waals surface area contributed by atoms with Crippen molar-refractivity contribution in [3.05, 3.63) is 15.6 Å². The lowest BCUT2D eigenvalue weighted by Crippen LogP contribution is -1.92. The first-order valence-electron chi connectivity index (χ1n) is 4.97. The van der Waals surface area contributed by atoms with Gasteiger partial charge in [-0.25, -0.2) is 4.98 Å². The van der Waals surface area contributed by atoms with E-state index in [-0.39, 0.29) is 5.92 Å². The van der Waals surface area contributed by atoms with Gasteiger partial charge in [0.1, 0.15) is 0 Å². The van der Waals surface area contributed by atoms with Gasteiger partial charge in [0.15, 0.2) is 0 Å². The molecule has 1 heterocycles. The third-order valence-electron chi connectivity index (χ3n) is 2.22. The predicted octanol–water partition coefficient (Wildman–Crippen LogP) is 3.59. The van der Waals surface area contributed by atoms with Crippen LogP contribution in [0.2, 0.25) is 0 Å². The largest absolute Gasteiger partial charge is 0.246 e. The van der Waals surface area contributed by atoms with Gasteiger partial charge < -0.3 is 0 Å². The van der Waals surface area contributed by atoms with Gasteiger partial charge in [-0.1, -0.05) is 20.8 Å². The highest BCUT2D eigenvalue weighted by Crippen LogP contribution is 2.31. The molecular formula is C11H16N2S. The Balaban J connectivity index is 3.04. The van der Waals surface area contributed by atoms with Crippen molar-refractivity contribution in [2.45, 2.75) is 46.0 Å². The van der Waals surface area contributed by atoms with Crippen molar-refractivity contribution in [3.63, 3.8) is 0 Å². The van der Waals surface area contributed by atoms with Crippen LogP contribution >= 0.6 is 11.3 Å². The summed E-state index contributed by atoms with van der Waals surface area (Å²) in [6.45, 7) is 8.31. The molecule has 0 saturated heterocycles. The van der Waals surface area contributed by atoms with E-state index in [0.717, 1.165) is 22.0 Å². The predicted molar refractivity (Wildman–Crippen MR) is 59.6 cm³/mol. The van der Waals surface area contributed by atoms with Crippen LogP contribution in [0, 0.1) is 18.3 Å². The number of hydrogen-bond acceptors (Lipinski definition) is 3. The van der Waals surface area contributed by atoms with Gasteiger partial charge in [0.05, 0.1) is 22.7 Å². The van der Waals surface area contributed by atoms with Crippen LogP contribution in [0.1, 0.15) is 54.6 Å². The molecule has 0 aliphatic rings. The minimum absolute atomic E-state index is 0.0278. The van der Waals surface area contributed by atoms with E-state index in [1.54, 1.807) is 11.3 Å². The maximum absolute atomic E-state index is 8.98. The second-order valence-corrected chi connectivity index (χ2v) is 4.81. The molecule has 1 unspecified atom stereocenters. The number of rotatable bonds is 3. The number of nitriles is 1. The van der Waals surface area contributed by atoms with Crippen LogP contribution in [0.3, 0.4) is 0 Å². The van der Waals surface area contributed by atoms with E-state index in [4.69, 9.17) is 5.26 Å². The molecule has 0 aliphatic heterocycles. The summed E-state index contributed by atoms with van der Waals surface area (Å²) in [6, 6.07) is 2.33. The highest BCUT2D eigenvalue weighted by molar-refractivity contribution is 7.12. The highest BCUT2D eigenvalue weighted by Gasteiger charge is 2.17. The van der Waals surface area contributed by atoms with Crippen LogP contribution in [-0.2, 0) is 0 Å². The molecule has 76 valence electrons. The Bertz CT molecular complexity index is 347. The molecule has 1 rings (SSSR count). The summed E-state index contributed by atoms with van der Waals surface area (Å²) in [6.07, 6.45) is 0.872. The van der Waals surface area contributed by atoms with E-state index >= 15 is 0 Å². The van der Waals surface area contributed by atoms with Gasteiger partial charge in [0.2, 0.25) is 0 Å². The van der Waals surface area contributed by atoms with Crippen LogP contribution in [0.15, 0.2) is 0 Å². The van der Waals surface area contributed by atoms with Gasteiger partial charge >= 0.3 is 0 Å². The lowest BCUT2D eigenvalue weighted by Gasteiger charge is -2.02. The minimum Gasteiger partial charge on any atom is -0.246 e. The van der Waals surface area contributed by atoms with Gasteiger partial charge in [-0.05, 0) is 13.3 Å². The molecule has 0 aromatic carbocycles. The van der Waals surface area contributed by atoms with Crippen molar-refractivity contribution < 1.29 is 0 Å². The summed E-state index contributed by atoms with van der Waals surface area (Å²) in [7, 11) is 0. The van der Waals surface area contributed by atoms with E-state index in [1.807, 2.05) is 13.8 Å². The number of aryl methyl sites for hydroxylation is 1. The molecule has 0 fully saturated rings. The van der Waals surface area contributed by atoms with Crippen LogP contribution in [-0.4, -0.2) is 4.98 Å². The number of aromatic nitrogens is 1. The fourth-order valence-electron chi connectivity index (χ4n) is 1.34. The molecule has 0 spiro atoms.